The molecule has 1 unspecified atom stereocenters. The van der Waals surface area contributed by atoms with Crippen LogP contribution in [0.5, 0.6) is 0 Å². The second-order valence-corrected chi connectivity index (χ2v) is 8.26. The number of nitrogens with one attached hydrogen (secondary N) is 1. The molecule has 0 saturated carbocycles. The highest BCUT2D eigenvalue weighted by Gasteiger charge is 2.34. The minimum Gasteiger partial charge on any atom is -0.462 e. The number of oxime groups is 1. The fourth-order valence-electron chi connectivity index (χ4n) is 3.01. The Hall–Kier alpha value is -2.32. The van der Waals surface area contributed by atoms with E-state index in [0.29, 0.717) is 22.7 Å². The molecule has 0 fully saturated rings. The third-order valence-corrected chi connectivity index (χ3v) is 6.61. The number of nitrogens with zero attached hydrogens (tertiary/aromatic N) is 1. The van der Waals surface area contributed by atoms with Gasteiger partial charge in [0.25, 0.3) is 0 Å². The summed E-state index contributed by atoms with van der Waals surface area (Å²) in [5, 5.41) is 16.0. The third-order valence-electron chi connectivity index (χ3n) is 4.09. The van der Waals surface area contributed by atoms with Crippen LogP contribution in [0.4, 0.5) is 5.69 Å². The Bertz CT molecular complexity index is 877. The Labute approximate surface area is 165 Å². The van der Waals surface area contributed by atoms with E-state index in [1.165, 1.54) is 18.3 Å². The molecule has 8 heteroatoms. The zero-order valence-electron chi connectivity index (χ0n) is 15.0. The standard InChI is InChI=1S/C19H20N2O4S2/c1-3-25-19(23)18-15(20-11(2)22)13-9-10-14(16(21-24)17(13)27-18)26-12-7-5-4-6-8-12/h4-8,14,24H,3,9-10H2,1-2H3,(H,20,22)/b21-16-. The van der Waals surface area contributed by atoms with Crippen molar-refractivity contribution in [1.82, 2.24) is 0 Å². The first-order valence-electron chi connectivity index (χ1n) is 8.59. The molecule has 0 radical (unpaired) electrons. The van der Waals surface area contributed by atoms with Gasteiger partial charge in [-0.15, -0.1) is 23.1 Å². The van der Waals surface area contributed by atoms with Gasteiger partial charge in [-0.2, -0.15) is 0 Å². The Morgan fingerprint density at radius 3 is 2.74 bits per heavy atom. The lowest BCUT2D eigenvalue weighted by Crippen LogP contribution is -2.25. The van der Waals surface area contributed by atoms with Gasteiger partial charge < -0.3 is 15.3 Å². The molecule has 0 spiro atoms. The molecule has 1 aromatic heterocycles. The van der Waals surface area contributed by atoms with Crippen LogP contribution in [0.15, 0.2) is 40.4 Å². The van der Waals surface area contributed by atoms with Crippen molar-refractivity contribution in [2.45, 2.75) is 36.8 Å². The van der Waals surface area contributed by atoms with Crippen molar-refractivity contribution in [3.63, 3.8) is 0 Å². The van der Waals surface area contributed by atoms with Gasteiger partial charge in [0, 0.05) is 11.8 Å². The highest BCUT2D eigenvalue weighted by Crippen LogP contribution is 2.42. The number of benzene rings is 1. The molecule has 1 aliphatic carbocycles. The Morgan fingerprint density at radius 2 is 2.11 bits per heavy atom. The highest BCUT2D eigenvalue weighted by molar-refractivity contribution is 8.00. The molecule has 0 aliphatic heterocycles. The lowest BCUT2D eigenvalue weighted by Gasteiger charge is -2.23. The number of thiophene rings is 1. The van der Waals surface area contributed by atoms with E-state index in [1.807, 2.05) is 30.3 Å². The second-order valence-electron chi connectivity index (χ2n) is 5.96. The third kappa shape index (κ3) is 4.17. The maximum atomic E-state index is 12.4. The molecule has 1 atom stereocenters. The molecule has 2 N–H and O–H groups in total. The molecule has 1 aromatic carbocycles. The number of hydrogen-bond donors (Lipinski definition) is 2. The van der Waals surface area contributed by atoms with Gasteiger partial charge in [0.05, 0.1) is 22.4 Å². The summed E-state index contributed by atoms with van der Waals surface area (Å²) in [4.78, 5) is 26.1. The summed E-state index contributed by atoms with van der Waals surface area (Å²) in [5.74, 6) is -0.741. The number of carbonyl (C=O) groups excluding carboxylic acids is 2. The molecular weight excluding hydrogens is 384 g/mol. The number of fused-ring (bicyclic) bond motifs is 1. The van der Waals surface area contributed by atoms with E-state index >= 15 is 0 Å². The largest absolute Gasteiger partial charge is 0.462 e. The van der Waals surface area contributed by atoms with Crippen molar-refractivity contribution in [3.8, 4) is 0 Å². The van der Waals surface area contributed by atoms with Gasteiger partial charge in [0.2, 0.25) is 5.91 Å². The molecule has 0 bridgehead atoms. The Morgan fingerprint density at radius 1 is 1.37 bits per heavy atom. The topological polar surface area (TPSA) is 88.0 Å². The average molecular weight is 405 g/mol. The number of thioether (sulfide) groups is 1. The van der Waals surface area contributed by atoms with E-state index in [9.17, 15) is 14.8 Å². The molecule has 0 saturated heterocycles. The number of rotatable bonds is 5. The van der Waals surface area contributed by atoms with Gasteiger partial charge >= 0.3 is 5.97 Å². The van der Waals surface area contributed by atoms with Gasteiger partial charge in [-0.3, -0.25) is 4.79 Å². The maximum Gasteiger partial charge on any atom is 0.350 e. The number of hydrogen-bond acceptors (Lipinski definition) is 7. The second kappa shape index (κ2) is 8.58. The molecule has 6 nitrogen and oxygen atoms in total. The highest BCUT2D eigenvalue weighted by atomic mass is 32.2. The molecule has 3 rings (SSSR count). The first-order chi connectivity index (χ1) is 13.0. The van der Waals surface area contributed by atoms with Crippen molar-refractivity contribution in [1.29, 1.82) is 0 Å². The molecule has 27 heavy (non-hydrogen) atoms. The van der Waals surface area contributed by atoms with Crippen LogP contribution in [0.1, 0.15) is 40.4 Å². The predicted molar refractivity (Wildman–Crippen MR) is 107 cm³/mol. The predicted octanol–water partition coefficient (Wildman–Crippen LogP) is 4.17. The van der Waals surface area contributed by atoms with E-state index in [4.69, 9.17) is 4.74 Å². The van der Waals surface area contributed by atoms with E-state index < -0.39 is 5.97 Å². The summed E-state index contributed by atoms with van der Waals surface area (Å²) < 4.78 is 5.13. The number of amides is 1. The average Bonchev–Trinajstić information content (AvgIpc) is 3.00. The van der Waals surface area contributed by atoms with E-state index in [-0.39, 0.29) is 17.8 Å². The first-order valence-corrected chi connectivity index (χ1v) is 10.3. The Kier molecular flexibility index (Phi) is 6.18. The molecular formula is C19H20N2O4S2. The summed E-state index contributed by atoms with van der Waals surface area (Å²) in [6.45, 7) is 3.38. The first kappa shape index (κ1) is 19.4. The quantitative estimate of drug-likeness (QED) is 0.444. The van der Waals surface area contributed by atoms with Crippen LogP contribution in [0.3, 0.4) is 0 Å². The fourth-order valence-corrected chi connectivity index (χ4v) is 5.47. The van der Waals surface area contributed by atoms with Crippen molar-refractivity contribution in [3.05, 3.63) is 45.6 Å². The molecule has 142 valence electrons. The SMILES string of the molecule is CCOC(=O)c1sc2c(c1NC(C)=O)CCC(Sc1ccccc1)/C2=N/O. The minimum absolute atomic E-state index is 0.0382. The molecule has 2 aromatic rings. The number of esters is 1. The van der Waals surface area contributed by atoms with Gasteiger partial charge in [-0.05, 0) is 37.5 Å². The molecule has 1 amide bonds. The normalized spacial score (nSPS) is 17.4. The maximum absolute atomic E-state index is 12.4. The minimum atomic E-state index is -0.481. The van der Waals surface area contributed by atoms with Crippen LogP contribution in [0.25, 0.3) is 0 Å². The summed E-state index contributed by atoms with van der Waals surface area (Å²) in [5.41, 5.74) is 1.83. The van der Waals surface area contributed by atoms with Gasteiger partial charge in [-0.25, -0.2) is 4.79 Å². The lowest BCUT2D eigenvalue weighted by atomic mass is 9.95. The van der Waals surface area contributed by atoms with Crippen molar-refractivity contribution < 1.29 is 19.5 Å². The summed E-state index contributed by atoms with van der Waals surface area (Å²) >= 11 is 2.83. The molecule has 1 aliphatic rings. The molecule has 1 heterocycles. The summed E-state index contributed by atoms with van der Waals surface area (Å²) in [6.07, 6.45) is 1.40. The van der Waals surface area contributed by atoms with E-state index in [1.54, 1.807) is 18.7 Å². The summed E-state index contributed by atoms with van der Waals surface area (Å²) in [7, 11) is 0. The number of ether oxygens (including phenoxy) is 1. The monoisotopic (exact) mass is 404 g/mol. The van der Waals surface area contributed by atoms with Crippen LogP contribution in [-0.4, -0.2) is 34.7 Å². The van der Waals surface area contributed by atoms with Gasteiger partial charge in [0.15, 0.2) is 0 Å². The van der Waals surface area contributed by atoms with Crippen LogP contribution in [0, 0.1) is 0 Å². The van der Waals surface area contributed by atoms with E-state index in [2.05, 4.69) is 10.5 Å². The van der Waals surface area contributed by atoms with Crippen LogP contribution < -0.4 is 5.32 Å². The number of anilines is 1. The number of carbonyl (C=O) groups is 2. The van der Waals surface area contributed by atoms with Crippen LogP contribution >= 0.6 is 23.1 Å². The van der Waals surface area contributed by atoms with Crippen LogP contribution in [-0.2, 0) is 16.0 Å². The zero-order valence-corrected chi connectivity index (χ0v) is 16.7. The Balaban J connectivity index is 1.99. The van der Waals surface area contributed by atoms with Gasteiger partial charge in [0.1, 0.15) is 10.6 Å². The van der Waals surface area contributed by atoms with Crippen LogP contribution in [0.2, 0.25) is 0 Å². The van der Waals surface area contributed by atoms with Crippen molar-refractivity contribution >= 4 is 46.4 Å². The van der Waals surface area contributed by atoms with Crippen molar-refractivity contribution in [2.75, 3.05) is 11.9 Å². The van der Waals surface area contributed by atoms with E-state index in [0.717, 1.165) is 21.8 Å². The fraction of sp³-hybridized carbons (Fsp3) is 0.316. The smallest absolute Gasteiger partial charge is 0.350 e. The zero-order chi connectivity index (χ0) is 19.4. The van der Waals surface area contributed by atoms with Gasteiger partial charge in [-0.1, -0.05) is 23.4 Å². The summed E-state index contributed by atoms with van der Waals surface area (Å²) in [6, 6.07) is 9.90. The van der Waals surface area contributed by atoms with Crippen molar-refractivity contribution in [2.24, 2.45) is 5.16 Å². The lowest BCUT2D eigenvalue weighted by molar-refractivity contribution is -0.114.